The van der Waals surface area contributed by atoms with Crippen LogP contribution in [0, 0.1) is 5.82 Å². The Kier molecular flexibility index (Phi) is 5.00. The minimum atomic E-state index is -0.543. The van der Waals surface area contributed by atoms with Crippen molar-refractivity contribution in [2.75, 3.05) is 11.4 Å². The van der Waals surface area contributed by atoms with Crippen molar-refractivity contribution >= 4 is 28.8 Å². The lowest BCUT2D eigenvalue weighted by molar-refractivity contribution is 0.0984. The molecule has 1 amide bonds. The summed E-state index contributed by atoms with van der Waals surface area (Å²) >= 11 is 4.86. The smallest absolute Gasteiger partial charge is 0.261 e. The molecule has 2 aromatic carbocycles. The lowest BCUT2D eigenvalue weighted by Gasteiger charge is -2.23. The minimum absolute atomic E-state index is 0.0318. The van der Waals surface area contributed by atoms with Crippen molar-refractivity contribution in [2.45, 2.75) is 6.42 Å². The molecule has 0 spiro atoms. The molecule has 108 valence electrons. The lowest BCUT2D eigenvalue weighted by atomic mass is 10.1. The van der Waals surface area contributed by atoms with Gasteiger partial charge in [0.15, 0.2) is 0 Å². The third-order valence-electron chi connectivity index (χ3n) is 3.00. The standard InChI is InChI=1S/C16H15FN2OS/c17-14-9-5-4-8-13(14)16(20)19(11-10-15(18)21)12-6-2-1-3-7-12/h1-9H,10-11H2,(H2,18,21). The van der Waals surface area contributed by atoms with Crippen LogP contribution in [0.5, 0.6) is 0 Å². The van der Waals surface area contributed by atoms with E-state index >= 15 is 0 Å². The molecule has 0 saturated heterocycles. The van der Waals surface area contributed by atoms with Crippen molar-refractivity contribution < 1.29 is 9.18 Å². The van der Waals surface area contributed by atoms with Crippen molar-refractivity contribution in [1.82, 2.24) is 0 Å². The lowest BCUT2D eigenvalue weighted by Crippen LogP contribution is -2.34. The first-order valence-electron chi connectivity index (χ1n) is 6.49. The Morgan fingerprint density at radius 1 is 1.10 bits per heavy atom. The maximum Gasteiger partial charge on any atom is 0.261 e. The van der Waals surface area contributed by atoms with Crippen LogP contribution in [0.1, 0.15) is 16.8 Å². The second kappa shape index (κ2) is 6.95. The zero-order chi connectivity index (χ0) is 15.2. The number of nitrogens with two attached hydrogens (primary N) is 1. The highest BCUT2D eigenvalue weighted by molar-refractivity contribution is 7.80. The van der Waals surface area contributed by atoms with Gasteiger partial charge in [-0.15, -0.1) is 0 Å². The molecule has 0 unspecified atom stereocenters. The zero-order valence-corrected chi connectivity index (χ0v) is 12.1. The zero-order valence-electron chi connectivity index (χ0n) is 11.3. The fourth-order valence-electron chi connectivity index (χ4n) is 1.96. The summed E-state index contributed by atoms with van der Waals surface area (Å²) in [5, 5.41) is 0. The summed E-state index contributed by atoms with van der Waals surface area (Å²) in [6.45, 7) is 0.312. The number of hydrogen-bond donors (Lipinski definition) is 1. The van der Waals surface area contributed by atoms with Crippen LogP contribution < -0.4 is 10.6 Å². The fraction of sp³-hybridized carbons (Fsp3) is 0.125. The molecule has 2 N–H and O–H groups in total. The Balaban J connectivity index is 2.33. The first-order valence-corrected chi connectivity index (χ1v) is 6.90. The van der Waals surface area contributed by atoms with Gasteiger partial charge in [-0.25, -0.2) is 4.39 Å². The first-order chi connectivity index (χ1) is 10.1. The summed E-state index contributed by atoms with van der Waals surface area (Å²) in [4.78, 5) is 14.4. The Hall–Kier alpha value is -2.27. The molecular formula is C16H15FN2OS. The predicted octanol–water partition coefficient (Wildman–Crippen LogP) is 3.15. The molecule has 21 heavy (non-hydrogen) atoms. The number of rotatable bonds is 5. The van der Waals surface area contributed by atoms with E-state index in [0.717, 1.165) is 0 Å². The van der Waals surface area contributed by atoms with Gasteiger partial charge in [0, 0.05) is 18.7 Å². The Bertz CT molecular complexity index is 646. The summed E-state index contributed by atoms with van der Waals surface area (Å²) in [5.74, 6) is -0.950. The molecule has 0 aliphatic heterocycles. The Morgan fingerprint density at radius 2 is 1.71 bits per heavy atom. The Labute approximate surface area is 128 Å². The Morgan fingerprint density at radius 3 is 2.33 bits per heavy atom. The molecule has 0 aliphatic rings. The number of anilines is 1. The molecule has 2 aromatic rings. The van der Waals surface area contributed by atoms with Crippen LogP contribution in [0.2, 0.25) is 0 Å². The maximum absolute atomic E-state index is 13.8. The van der Waals surface area contributed by atoms with Gasteiger partial charge in [-0.3, -0.25) is 4.79 Å². The molecule has 5 heteroatoms. The number of carbonyl (C=O) groups excluding carboxylic acids is 1. The highest BCUT2D eigenvalue weighted by Gasteiger charge is 2.20. The minimum Gasteiger partial charge on any atom is -0.393 e. The third-order valence-corrected chi connectivity index (χ3v) is 3.20. The van der Waals surface area contributed by atoms with Crippen LogP contribution in [0.25, 0.3) is 0 Å². The van der Waals surface area contributed by atoms with Crippen LogP contribution >= 0.6 is 12.2 Å². The van der Waals surface area contributed by atoms with E-state index in [1.807, 2.05) is 18.2 Å². The first kappa shape index (κ1) is 15.1. The monoisotopic (exact) mass is 302 g/mol. The van der Waals surface area contributed by atoms with Gasteiger partial charge < -0.3 is 10.6 Å². The van der Waals surface area contributed by atoms with E-state index in [9.17, 15) is 9.18 Å². The second-order valence-electron chi connectivity index (χ2n) is 4.49. The molecule has 0 fully saturated rings. The molecular weight excluding hydrogens is 287 g/mol. The van der Waals surface area contributed by atoms with Crippen LogP contribution in [0.4, 0.5) is 10.1 Å². The second-order valence-corrected chi connectivity index (χ2v) is 5.01. The number of hydrogen-bond acceptors (Lipinski definition) is 2. The van der Waals surface area contributed by atoms with E-state index in [1.54, 1.807) is 24.3 Å². The quantitative estimate of drug-likeness (QED) is 0.863. The molecule has 0 aliphatic carbocycles. The van der Waals surface area contributed by atoms with Crippen LogP contribution in [0.3, 0.4) is 0 Å². The van der Waals surface area contributed by atoms with Gasteiger partial charge in [0.1, 0.15) is 5.82 Å². The van der Waals surface area contributed by atoms with E-state index in [1.165, 1.54) is 17.0 Å². The average Bonchev–Trinajstić information content (AvgIpc) is 2.48. The van der Waals surface area contributed by atoms with Gasteiger partial charge in [-0.05, 0) is 24.3 Å². The van der Waals surface area contributed by atoms with Gasteiger partial charge in [-0.1, -0.05) is 42.5 Å². The van der Waals surface area contributed by atoms with E-state index < -0.39 is 11.7 Å². The highest BCUT2D eigenvalue weighted by atomic mass is 32.1. The van der Waals surface area contributed by atoms with Crippen molar-refractivity contribution in [2.24, 2.45) is 5.73 Å². The van der Waals surface area contributed by atoms with Crippen molar-refractivity contribution in [3.8, 4) is 0 Å². The number of amides is 1. The third kappa shape index (κ3) is 3.86. The fourth-order valence-corrected chi connectivity index (χ4v) is 2.05. The largest absolute Gasteiger partial charge is 0.393 e. The molecule has 0 atom stereocenters. The summed E-state index contributed by atoms with van der Waals surface area (Å²) < 4.78 is 13.8. The normalized spacial score (nSPS) is 10.1. The molecule has 0 bridgehead atoms. The molecule has 2 rings (SSSR count). The molecule has 3 nitrogen and oxygen atoms in total. The molecule has 0 heterocycles. The number of carbonyl (C=O) groups is 1. The number of para-hydroxylation sites is 1. The van der Waals surface area contributed by atoms with Crippen molar-refractivity contribution in [3.63, 3.8) is 0 Å². The van der Waals surface area contributed by atoms with Crippen molar-refractivity contribution in [1.29, 1.82) is 0 Å². The van der Waals surface area contributed by atoms with Gasteiger partial charge >= 0.3 is 0 Å². The summed E-state index contributed by atoms with van der Waals surface area (Å²) in [6, 6.07) is 15.0. The maximum atomic E-state index is 13.8. The van der Waals surface area contributed by atoms with Gasteiger partial charge in [-0.2, -0.15) is 0 Å². The van der Waals surface area contributed by atoms with Crippen LogP contribution in [0.15, 0.2) is 54.6 Å². The average molecular weight is 302 g/mol. The summed E-state index contributed by atoms with van der Waals surface area (Å²) in [7, 11) is 0. The number of benzene rings is 2. The van der Waals surface area contributed by atoms with E-state index in [4.69, 9.17) is 18.0 Å². The topological polar surface area (TPSA) is 46.3 Å². The predicted molar refractivity (Wildman–Crippen MR) is 85.9 cm³/mol. The van der Waals surface area contributed by atoms with Crippen molar-refractivity contribution in [3.05, 3.63) is 66.0 Å². The SMILES string of the molecule is NC(=S)CCN(C(=O)c1ccccc1F)c1ccccc1. The number of halogens is 1. The number of thiocarbonyl (C=S) groups is 1. The molecule has 0 radical (unpaired) electrons. The summed E-state index contributed by atoms with van der Waals surface area (Å²) in [5.41, 5.74) is 6.22. The summed E-state index contributed by atoms with van der Waals surface area (Å²) in [6.07, 6.45) is 0.379. The van der Waals surface area contributed by atoms with Crippen LogP contribution in [-0.2, 0) is 0 Å². The van der Waals surface area contributed by atoms with Gasteiger partial charge in [0.05, 0.1) is 10.6 Å². The van der Waals surface area contributed by atoms with Crippen LogP contribution in [-0.4, -0.2) is 17.4 Å². The highest BCUT2D eigenvalue weighted by Crippen LogP contribution is 2.18. The molecule has 0 saturated carbocycles. The van der Waals surface area contributed by atoms with E-state index in [-0.39, 0.29) is 5.56 Å². The van der Waals surface area contributed by atoms with Gasteiger partial charge in [0.25, 0.3) is 5.91 Å². The van der Waals surface area contributed by atoms with Gasteiger partial charge in [0.2, 0.25) is 0 Å². The van der Waals surface area contributed by atoms with E-state index in [0.29, 0.717) is 23.6 Å². The number of nitrogens with zero attached hydrogens (tertiary/aromatic N) is 1. The molecule has 0 aromatic heterocycles. The van der Waals surface area contributed by atoms with E-state index in [2.05, 4.69) is 0 Å².